The van der Waals surface area contributed by atoms with Crippen LogP contribution in [-0.2, 0) is 4.79 Å². The molecule has 0 aliphatic heterocycles. The SMILES string of the molecule is CC(Oc1ccc(F)cc1C(C)O)C(=O)NC(C)(C)C. The number of benzene rings is 1. The van der Waals surface area contributed by atoms with E-state index in [4.69, 9.17) is 4.74 Å². The zero-order valence-corrected chi connectivity index (χ0v) is 12.5. The van der Waals surface area contributed by atoms with Gasteiger partial charge in [0.15, 0.2) is 6.10 Å². The molecule has 0 aliphatic carbocycles. The van der Waals surface area contributed by atoms with Crippen molar-refractivity contribution in [3.8, 4) is 5.75 Å². The predicted molar refractivity (Wildman–Crippen MR) is 75.0 cm³/mol. The lowest BCUT2D eigenvalue weighted by Gasteiger charge is -2.24. The third kappa shape index (κ3) is 4.81. The van der Waals surface area contributed by atoms with Crippen LogP contribution in [0.4, 0.5) is 4.39 Å². The maximum Gasteiger partial charge on any atom is 0.261 e. The number of nitrogens with one attached hydrogen (secondary N) is 1. The van der Waals surface area contributed by atoms with E-state index >= 15 is 0 Å². The standard InChI is InChI=1S/C15H22FNO3/c1-9(18)12-8-11(16)6-7-13(12)20-10(2)14(19)17-15(3,4)5/h6-10,18H,1-5H3,(H,17,19). The molecule has 2 N–H and O–H groups in total. The maximum atomic E-state index is 13.2. The molecule has 0 spiro atoms. The number of aliphatic hydroxyl groups is 1. The van der Waals surface area contributed by atoms with Gasteiger partial charge in [-0.15, -0.1) is 0 Å². The van der Waals surface area contributed by atoms with Gasteiger partial charge in [0.25, 0.3) is 5.91 Å². The summed E-state index contributed by atoms with van der Waals surface area (Å²) in [5.41, 5.74) is -0.0367. The average Bonchev–Trinajstić information content (AvgIpc) is 2.28. The topological polar surface area (TPSA) is 58.6 Å². The molecule has 1 aromatic rings. The summed E-state index contributed by atoms with van der Waals surface area (Å²) in [6.45, 7) is 8.74. The first kappa shape index (κ1) is 16.4. The highest BCUT2D eigenvalue weighted by atomic mass is 19.1. The summed E-state index contributed by atoms with van der Waals surface area (Å²) in [6, 6.07) is 3.85. The van der Waals surface area contributed by atoms with E-state index in [1.807, 2.05) is 20.8 Å². The number of hydrogen-bond acceptors (Lipinski definition) is 3. The number of rotatable bonds is 4. The third-order valence-corrected chi connectivity index (χ3v) is 2.59. The molecule has 0 bridgehead atoms. The predicted octanol–water partition coefficient (Wildman–Crippen LogP) is 2.56. The first-order chi connectivity index (χ1) is 9.10. The highest BCUT2D eigenvalue weighted by Gasteiger charge is 2.22. The Labute approximate surface area is 119 Å². The fraction of sp³-hybridized carbons (Fsp3) is 0.533. The monoisotopic (exact) mass is 283 g/mol. The number of aliphatic hydroxyl groups excluding tert-OH is 1. The van der Waals surface area contributed by atoms with Crippen molar-refractivity contribution < 1.29 is 19.0 Å². The van der Waals surface area contributed by atoms with Crippen molar-refractivity contribution in [3.05, 3.63) is 29.6 Å². The molecule has 2 unspecified atom stereocenters. The average molecular weight is 283 g/mol. The van der Waals surface area contributed by atoms with Gasteiger partial charge in [0.1, 0.15) is 11.6 Å². The second-order valence-electron chi connectivity index (χ2n) is 5.86. The minimum Gasteiger partial charge on any atom is -0.481 e. The molecule has 0 heterocycles. The molecule has 0 saturated carbocycles. The molecule has 0 saturated heterocycles. The van der Waals surface area contributed by atoms with Crippen LogP contribution in [0.3, 0.4) is 0 Å². The summed E-state index contributed by atoms with van der Waals surface area (Å²) < 4.78 is 18.7. The van der Waals surface area contributed by atoms with E-state index in [1.165, 1.54) is 25.1 Å². The molecule has 20 heavy (non-hydrogen) atoms. The summed E-state index contributed by atoms with van der Waals surface area (Å²) in [5, 5.41) is 12.4. The van der Waals surface area contributed by atoms with E-state index in [0.717, 1.165) is 0 Å². The Hall–Kier alpha value is -1.62. The van der Waals surface area contributed by atoms with Crippen molar-refractivity contribution in [2.24, 2.45) is 0 Å². The van der Waals surface area contributed by atoms with Gasteiger partial charge in [0, 0.05) is 11.1 Å². The number of hydrogen-bond donors (Lipinski definition) is 2. The second kappa shape index (κ2) is 6.22. The summed E-state index contributed by atoms with van der Waals surface area (Å²) in [6.07, 6.45) is -1.62. The quantitative estimate of drug-likeness (QED) is 0.893. The van der Waals surface area contributed by atoms with Crippen molar-refractivity contribution >= 4 is 5.91 Å². The molecular weight excluding hydrogens is 261 g/mol. The fourth-order valence-corrected chi connectivity index (χ4v) is 1.67. The van der Waals surface area contributed by atoms with Crippen LogP contribution in [0.1, 0.15) is 46.3 Å². The molecule has 1 aromatic carbocycles. The fourth-order valence-electron chi connectivity index (χ4n) is 1.67. The van der Waals surface area contributed by atoms with Crippen molar-refractivity contribution in [2.75, 3.05) is 0 Å². The molecule has 0 radical (unpaired) electrons. The van der Waals surface area contributed by atoms with Crippen molar-refractivity contribution in [1.29, 1.82) is 0 Å². The Kier molecular flexibility index (Phi) is 5.11. The normalized spacial score (nSPS) is 14.6. The van der Waals surface area contributed by atoms with Gasteiger partial charge in [-0.3, -0.25) is 4.79 Å². The molecule has 0 fully saturated rings. The first-order valence-corrected chi connectivity index (χ1v) is 6.56. The van der Waals surface area contributed by atoms with Gasteiger partial charge >= 0.3 is 0 Å². The van der Waals surface area contributed by atoms with Crippen molar-refractivity contribution in [1.82, 2.24) is 5.32 Å². The Bertz CT molecular complexity index is 480. The Morgan fingerprint density at radius 3 is 2.45 bits per heavy atom. The van der Waals surface area contributed by atoms with Crippen LogP contribution in [0.25, 0.3) is 0 Å². The number of halogens is 1. The molecule has 0 aliphatic rings. The maximum absolute atomic E-state index is 13.2. The molecule has 0 aromatic heterocycles. The lowest BCUT2D eigenvalue weighted by Crippen LogP contribution is -2.46. The highest BCUT2D eigenvalue weighted by molar-refractivity contribution is 5.81. The number of carbonyl (C=O) groups excluding carboxylic acids is 1. The summed E-state index contributed by atoms with van der Waals surface area (Å²) >= 11 is 0. The van der Waals surface area contributed by atoms with Crippen LogP contribution in [0.5, 0.6) is 5.75 Å². The van der Waals surface area contributed by atoms with E-state index in [-0.39, 0.29) is 11.4 Å². The minimum atomic E-state index is -0.876. The lowest BCUT2D eigenvalue weighted by molar-refractivity contribution is -0.128. The van der Waals surface area contributed by atoms with Gasteiger partial charge in [0.2, 0.25) is 0 Å². The van der Waals surface area contributed by atoms with Crippen LogP contribution in [0, 0.1) is 5.82 Å². The van der Waals surface area contributed by atoms with Gasteiger partial charge < -0.3 is 15.2 Å². The largest absolute Gasteiger partial charge is 0.481 e. The van der Waals surface area contributed by atoms with Gasteiger partial charge in [-0.05, 0) is 52.8 Å². The van der Waals surface area contributed by atoms with Gasteiger partial charge in [-0.1, -0.05) is 0 Å². The zero-order chi connectivity index (χ0) is 15.5. The van der Waals surface area contributed by atoms with E-state index < -0.39 is 18.0 Å². The van der Waals surface area contributed by atoms with E-state index in [9.17, 15) is 14.3 Å². The Morgan fingerprint density at radius 2 is 1.95 bits per heavy atom. The minimum absolute atomic E-state index is 0.265. The number of ether oxygens (including phenoxy) is 1. The van der Waals surface area contributed by atoms with Crippen LogP contribution in [-0.4, -0.2) is 22.7 Å². The number of carbonyl (C=O) groups is 1. The third-order valence-electron chi connectivity index (χ3n) is 2.59. The Balaban J connectivity index is 2.85. The first-order valence-electron chi connectivity index (χ1n) is 6.56. The van der Waals surface area contributed by atoms with Crippen LogP contribution in [0.2, 0.25) is 0 Å². The summed E-state index contributed by atoms with van der Waals surface area (Å²) in [4.78, 5) is 11.9. The van der Waals surface area contributed by atoms with E-state index in [2.05, 4.69) is 5.32 Å². The summed E-state index contributed by atoms with van der Waals surface area (Å²) in [5.74, 6) is -0.420. The van der Waals surface area contributed by atoms with Gasteiger partial charge in [-0.2, -0.15) is 0 Å². The molecular formula is C15H22FNO3. The molecule has 4 nitrogen and oxygen atoms in total. The van der Waals surface area contributed by atoms with E-state index in [1.54, 1.807) is 6.92 Å². The van der Waals surface area contributed by atoms with Crippen LogP contribution < -0.4 is 10.1 Å². The smallest absolute Gasteiger partial charge is 0.261 e. The van der Waals surface area contributed by atoms with Crippen molar-refractivity contribution in [2.45, 2.75) is 52.4 Å². The van der Waals surface area contributed by atoms with Crippen molar-refractivity contribution in [3.63, 3.8) is 0 Å². The summed E-state index contributed by atoms with van der Waals surface area (Å²) in [7, 11) is 0. The zero-order valence-electron chi connectivity index (χ0n) is 12.5. The van der Waals surface area contributed by atoms with Crippen LogP contribution >= 0.6 is 0 Å². The van der Waals surface area contributed by atoms with Gasteiger partial charge in [-0.25, -0.2) is 4.39 Å². The Morgan fingerprint density at radius 1 is 1.35 bits per heavy atom. The second-order valence-corrected chi connectivity index (χ2v) is 5.86. The number of amides is 1. The highest BCUT2D eigenvalue weighted by Crippen LogP contribution is 2.26. The molecule has 2 atom stereocenters. The lowest BCUT2D eigenvalue weighted by atomic mass is 10.1. The molecule has 1 amide bonds. The molecule has 112 valence electrons. The molecule has 5 heteroatoms. The molecule has 1 rings (SSSR count). The van der Waals surface area contributed by atoms with Crippen LogP contribution in [0.15, 0.2) is 18.2 Å². The van der Waals surface area contributed by atoms with Gasteiger partial charge in [0.05, 0.1) is 6.10 Å². The van der Waals surface area contributed by atoms with E-state index in [0.29, 0.717) is 11.3 Å².